The number of piperidine rings is 1. The van der Waals surface area contributed by atoms with Gasteiger partial charge < -0.3 is 19.7 Å². The molecule has 22 heavy (non-hydrogen) atoms. The molecule has 0 aliphatic carbocycles. The van der Waals surface area contributed by atoms with E-state index in [9.17, 15) is 9.59 Å². The number of ether oxygens (including phenoxy) is 2. The lowest BCUT2D eigenvalue weighted by Crippen LogP contribution is -2.43. The van der Waals surface area contributed by atoms with Crippen LogP contribution in [0.15, 0.2) is 18.2 Å². The third-order valence-corrected chi connectivity index (χ3v) is 3.91. The third kappa shape index (κ3) is 3.69. The number of amides is 2. The van der Waals surface area contributed by atoms with Gasteiger partial charge in [0.1, 0.15) is 0 Å². The number of benzene rings is 1. The minimum absolute atomic E-state index is 0.485. The molecule has 1 saturated heterocycles. The molecule has 1 aliphatic heterocycles. The standard InChI is InChI=1S/C16H22N2O4/c1-11-6-8-18(9-7-11)16(20)15(19)17-12-4-5-13(21-2)14(10-12)22-3/h4-5,10-11H,6-9H2,1-3H3,(H,17,19). The summed E-state index contributed by atoms with van der Waals surface area (Å²) in [6, 6.07) is 4.98. The van der Waals surface area contributed by atoms with E-state index in [2.05, 4.69) is 12.2 Å². The first-order valence-electron chi connectivity index (χ1n) is 7.37. The van der Waals surface area contributed by atoms with Crippen LogP contribution in [-0.2, 0) is 9.59 Å². The first kappa shape index (κ1) is 16.1. The summed E-state index contributed by atoms with van der Waals surface area (Å²) in [6.45, 7) is 3.43. The van der Waals surface area contributed by atoms with Crippen LogP contribution in [0.5, 0.6) is 11.5 Å². The number of hydrogen-bond acceptors (Lipinski definition) is 4. The summed E-state index contributed by atoms with van der Waals surface area (Å²) in [5.41, 5.74) is 0.501. The fourth-order valence-electron chi connectivity index (χ4n) is 2.45. The van der Waals surface area contributed by atoms with Crippen LogP contribution in [0.2, 0.25) is 0 Å². The molecule has 1 aromatic rings. The van der Waals surface area contributed by atoms with Crippen molar-refractivity contribution < 1.29 is 19.1 Å². The summed E-state index contributed by atoms with van der Waals surface area (Å²) < 4.78 is 10.3. The second-order valence-electron chi connectivity index (χ2n) is 5.50. The van der Waals surface area contributed by atoms with E-state index in [1.807, 2.05) is 0 Å². The number of methoxy groups -OCH3 is 2. The molecule has 0 atom stereocenters. The van der Waals surface area contributed by atoms with Crippen molar-refractivity contribution >= 4 is 17.5 Å². The molecule has 2 amide bonds. The molecule has 6 heteroatoms. The smallest absolute Gasteiger partial charge is 0.313 e. The SMILES string of the molecule is COc1ccc(NC(=O)C(=O)N2CCC(C)CC2)cc1OC. The minimum atomic E-state index is -0.623. The Morgan fingerprint density at radius 1 is 1.14 bits per heavy atom. The van der Waals surface area contributed by atoms with Gasteiger partial charge in [0.2, 0.25) is 0 Å². The monoisotopic (exact) mass is 306 g/mol. The van der Waals surface area contributed by atoms with Crippen LogP contribution in [-0.4, -0.2) is 44.0 Å². The molecule has 0 unspecified atom stereocenters. The van der Waals surface area contributed by atoms with E-state index in [0.717, 1.165) is 12.8 Å². The van der Waals surface area contributed by atoms with Crippen molar-refractivity contribution in [2.75, 3.05) is 32.6 Å². The molecule has 0 spiro atoms. The van der Waals surface area contributed by atoms with E-state index in [-0.39, 0.29) is 0 Å². The van der Waals surface area contributed by atoms with Gasteiger partial charge >= 0.3 is 11.8 Å². The highest BCUT2D eigenvalue weighted by atomic mass is 16.5. The van der Waals surface area contributed by atoms with Gasteiger partial charge in [0.25, 0.3) is 0 Å². The van der Waals surface area contributed by atoms with Gasteiger partial charge in [0, 0.05) is 24.8 Å². The van der Waals surface area contributed by atoms with E-state index in [4.69, 9.17) is 9.47 Å². The number of nitrogens with zero attached hydrogens (tertiary/aromatic N) is 1. The fraction of sp³-hybridized carbons (Fsp3) is 0.500. The maximum absolute atomic E-state index is 12.1. The number of hydrogen-bond donors (Lipinski definition) is 1. The molecule has 120 valence electrons. The number of carbonyl (C=O) groups excluding carboxylic acids is 2. The third-order valence-electron chi connectivity index (χ3n) is 3.91. The number of anilines is 1. The molecular formula is C16H22N2O4. The Morgan fingerprint density at radius 3 is 2.36 bits per heavy atom. The van der Waals surface area contributed by atoms with Crippen LogP contribution in [0, 0.1) is 5.92 Å². The minimum Gasteiger partial charge on any atom is -0.493 e. The highest BCUT2D eigenvalue weighted by Crippen LogP contribution is 2.29. The van der Waals surface area contributed by atoms with E-state index >= 15 is 0 Å². The van der Waals surface area contributed by atoms with Crippen LogP contribution in [0.4, 0.5) is 5.69 Å². The predicted molar refractivity (Wildman–Crippen MR) is 83.2 cm³/mol. The van der Waals surface area contributed by atoms with Gasteiger partial charge in [-0.15, -0.1) is 0 Å². The highest BCUT2D eigenvalue weighted by molar-refractivity contribution is 6.39. The van der Waals surface area contributed by atoms with Crippen LogP contribution < -0.4 is 14.8 Å². The predicted octanol–water partition coefficient (Wildman–Crippen LogP) is 1.90. The van der Waals surface area contributed by atoms with Gasteiger partial charge in [-0.05, 0) is 30.9 Å². The van der Waals surface area contributed by atoms with Gasteiger partial charge in [0.15, 0.2) is 11.5 Å². The number of likely N-dealkylation sites (tertiary alicyclic amines) is 1. The van der Waals surface area contributed by atoms with Crippen molar-refractivity contribution in [3.63, 3.8) is 0 Å². The summed E-state index contributed by atoms with van der Waals surface area (Å²) in [7, 11) is 3.06. The molecule has 1 aliphatic rings. The summed E-state index contributed by atoms with van der Waals surface area (Å²) >= 11 is 0. The first-order valence-corrected chi connectivity index (χ1v) is 7.37. The molecule has 1 aromatic carbocycles. The maximum Gasteiger partial charge on any atom is 0.313 e. The molecule has 0 saturated carbocycles. The summed E-state index contributed by atoms with van der Waals surface area (Å²) in [4.78, 5) is 25.8. The van der Waals surface area contributed by atoms with E-state index < -0.39 is 11.8 Å². The van der Waals surface area contributed by atoms with Crippen LogP contribution in [0.3, 0.4) is 0 Å². The second kappa shape index (κ2) is 7.15. The molecule has 1 fully saturated rings. The van der Waals surface area contributed by atoms with E-state index in [1.54, 1.807) is 23.1 Å². The average Bonchev–Trinajstić information content (AvgIpc) is 2.54. The molecule has 1 heterocycles. The summed E-state index contributed by atoms with van der Waals surface area (Å²) in [5.74, 6) is 0.567. The number of carbonyl (C=O) groups is 2. The van der Waals surface area contributed by atoms with Gasteiger partial charge in [0.05, 0.1) is 14.2 Å². The van der Waals surface area contributed by atoms with Gasteiger partial charge in [-0.3, -0.25) is 9.59 Å². The van der Waals surface area contributed by atoms with Crippen molar-refractivity contribution in [3.8, 4) is 11.5 Å². The zero-order valence-electron chi connectivity index (χ0n) is 13.2. The Kier molecular flexibility index (Phi) is 5.25. The van der Waals surface area contributed by atoms with Crippen molar-refractivity contribution in [1.29, 1.82) is 0 Å². The lowest BCUT2D eigenvalue weighted by atomic mass is 9.99. The molecule has 2 rings (SSSR count). The summed E-state index contributed by atoms with van der Waals surface area (Å²) in [5, 5.41) is 2.61. The first-order chi connectivity index (χ1) is 10.5. The van der Waals surface area contributed by atoms with Crippen LogP contribution in [0.1, 0.15) is 19.8 Å². The van der Waals surface area contributed by atoms with Crippen molar-refractivity contribution in [2.45, 2.75) is 19.8 Å². The number of nitrogens with one attached hydrogen (secondary N) is 1. The zero-order chi connectivity index (χ0) is 16.1. The second-order valence-corrected chi connectivity index (χ2v) is 5.50. The average molecular weight is 306 g/mol. The zero-order valence-corrected chi connectivity index (χ0v) is 13.2. The Morgan fingerprint density at radius 2 is 1.77 bits per heavy atom. The van der Waals surface area contributed by atoms with E-state index in [1.165, 1.54) is 14.2 Å². The van der Waals surface area contributed by atoms with E-state index in [0.29, 0.717) is 36.2 Å². The molecule has 0 bridgehead atoms. The molecule has 0 radical (unpaired) electrons. The van der Waals surface area contributed by atoms with Crippen LogP contribution in [0.25, 0.3) is 0 Å². The highest BCUT2D eigenvalue weighted by Gasteiger charge is 2.25. The van der Waals surface area contributed by atoms with Gasteiger partial charge in [-0.2, -0.15) is 0 Å². The van der Waals surface area contributed by atoms with Gasteiger partial charge in [-0.1, -0.05) is 6.92 Å². The van der Waals surface area contributed by atoms with Crippen molar-refractivity contribution in [1.82, 2.24) is 4.90 Å². The fourth-order valence-corrected chi connectivity index (χ4v) is 2.45. The maximum atomic E-state index is 12.1. The largest absolute Gasteiger partial charge is 0.493 e. The quantitative estimate of drug-likeness (QED) is 0.866. The number of rotatable bonds is 3. The molecule has 6 nitrogen and oxygen atoms in total. The Labute approximate surface area is 130 Å². The normalized spacial score (nSPS) is 15.3. The Balaban J connectivity index is 2.00. The topological polar surface area (TPSA) is 67.9 Å². The Hall–Kier alpha value is -2.24. The van der Waals surface area contributed by atoms with Gasteiger partial charge in [-0.25, -0.2) is 0 Å². The molecular weight excluding hydrogens is 284 g/mol. The Bertz CT molecular complexity index is 551. The van der Waals surface area contributed by atoms with Crippen molar-refractivity contribution in [3.05, 3.63) is 18.2 Å². The summed E-state index contributed by atoms with van der Waals surface area (Å²) in [6.07, 6.45) is 1.88. The van der Waals surface area contributed by atoms with Crippen LogP contribution >= 0.6 is 0 Å². The molecule has 1 N–H and O–H groups in total. The molecule has 0 aromatic heterocycles. The lowest BCUT2D eigenvalue weighted by Gasteiger charge is -2.29. The van der Waals surface area contributed by atoms with Crippen molar-refractivity contribution in [2.24, 2.45) is 5.92 Å². The lowest BCUT2D eigenvalue weighted by molar-refractivity contribution is -0.144.